The van der Waals surface area contributed by atoms with Gasteiger partial charge in [-0.05, 0) is 18.2 Å². The van der Waals surface area contributed by atoms with Crippen LogP contribution in [0.1, 0.15) is 36.6 Å². The number of nitrogens with zero attached hydrogens (tertiary/aromatic N) is 1. The van der Waals surface area contributed by atoms with E-state index in [1.807, 2.05) is 5.32 Å². The van der Waals surface area contributed by atoms with Crippen molar-refractivity contribution in [3.05, 3.63) is 56.9 Å². The van der Waals surface area contributed by atoms with Gasteiger partial charge in [-0.15, -0.1) is 0 Å². The maximum absolute atomic E-state index is 13.1. The molecule has 0 bridgehead atoms. The van der Waals surface area contributed by atoms with Gasteiger partial charge in [0.25, 0.3) is 17.4 Å². The Morgan fingerprint density at radius 1 is 1.12 bits per heavy atom. The Morgan fingerprint density at radius 3 is 2.35 bits per heavy atom. The molecule has 2 heterocycles. The van der Waals surface area contributed by atoms with Gasteiger partial charge >= 0.3 is 12.1 Å². The highest BCUT2D eigenvalue weighted by Gasteiger charge is 2.36. The third kappa shape index (κ3) is 2.49. The van der Waals surface area contributed by atoms with Crippen LogP contribution in [0, 0.1) is 0 Å². The van der Waals surface area contributed by atoms with Crippen LogP contribution in [0.3, 0.4) is 0 Å². The molecule has 134 valence electrons. The van der Waals surface area contributed by atoms with Gasteiger partial charge in [0.1, 0.15) is 5.82 Å². The summed E-state index contributed by atoms with van der Waals surface area (Å²) in [5.74, 6) is -4.08. The molecule has 0 saturated carbocycles. The number of nitrogens with two attached hydrogens (primary N) is 1. The molecule has 0 fully saturated rings. The molecule has 1 aliphatic heterocycles. The number of hydrogen-bond donors (Lipinski definition) is 3. The van der Waals surface area contributed by atoms with Crippen LogP contribution in [0.15, 0.2) is 29.1 Å². The Morgan fingerprint density at radius 2 is 1.77 bits per heavy atom. The molecule has 1 aromatic carbocycles. The lowest BCUT2D eigenvalue weighted by Gasteiger charge is -2.15. The van der Waals surface area contributed by atoms with E-state index in [2.05, 4.69) is 0 Å². The number of alkyl halides is 3. The van der Waals surface area contributed by atoms with E-state index in [4.69, 9.17) is 10.8 Å². The van der Waals surface area contributed by atoms with Crippen LogP contribution in [0.25, 0.3) is 5.69 Å². The Labute approximate surface area is 141 Å². The Balaban J connectivity index is 2.31. The molecule has 1 aliphatic rings. The number of benzene rings is 1. The molecule has 2 aromatic rings. The molecule has 26 heavy (non-hydrogen) atoms. The van der Waals surface area contributed by atoms with Crippen molar-refractivity contribution in [2.75, 3.05) is 5.73 Å². The molecule has 0 atom stereocenters. The van der Waals surface area contributed by atoms with Gasteiger partial charge in [-0.1, -0.05) is 0 Å². The molecule has 0 spiro atoms. The number of anilines is 1. The summed E-state index contributed by atoms with van der Waals surface area (Å²) in [5, 5.41) is 10.8. The lowest BCUT2D eigenvalue weighted by Crippen LogP contribution is -2.25. The zero-order chi connectivity index (χ0) is 19.4. The third-order valence-electron chi connectivity index (χ3n) is 3.75. The number of rotatable bonds is 2. The summed E-state index contributed by atoms with van der Waals surface area (Å²) in [6.07, 6.45) is -5.01. The van der Waals surface area contributed by atoms with Crippen molar-refractivity contribution in [1.29, 1.82) is 0 Å². The van der Waals surface area contributed by atoms with Gasteiger partial charge < -0.3 is 10.8 Å². The van der Waals surface area contributed by atoms with Crippen molar-refractivity contribution in [3.8, 4) is 5.69 Å². The van der Waals surface area contributed by atoms with E-state index in [0.29, 0.717) is 16.7 Å². The van der Waals surface area contributed by atoms with Gasteiger partial charge in [0.05, 0.1) is 27.9 Å². The number of nitrogen functional groups attached to an aromatic ring is 1. The quantitative estimate of drug-likeness (QED) is 0.679. The predicted octanol–water partition coefficient (Wildman–Crippen LogP) is 1.02. The van der Waals surface area contributed by atoms with E-state index in [1.54, 1.807) is 0 Å². The van der Waals surface area contributed by atoms with Crippen LogP contribution < -0.4 is 16.6 Å². The summed E-state index contributed by atoms with van der Waals surface area (Å²) < 4.78 is 40.0. The number of pyridine rings is 1. The van der Waals surface area contributed by atoms with Crippen LogP contribution in [-0.2, 0) is 6.18 Å². The molecule has 4 N–H and O–H groups in total. The van der Waals surface area contributed by atoms with Crippen molar-refractivity contribution >= 4 is 23.6 Å². The standard InChI is InChI=1S/C15H8F3N3O5/c16-15(17,18)8-3-5(1-2-6(8)14(25)26)21-9(22)4-7-10(11(21)19)13(24)20-12(7)23/h1-4H,19H2,(H,25,26)(H,20,23,24). The number of fused-ring (bicyclic) bond motifs is 1. The highest BCUT2D eigenvalue weighted by atomic mass is 19.4. The summed E-state index contributed by atoms with van der Waals surface area (Å²) >= 11 is 0. The lowest BCUT2D eigenvalue weighted by atomic mass is 10.1. The fraction of sp³-hybridized carbons (Fsp3) is 0.0667. The number of nitrogens with one attached hydrogen (secondary N) is 1. The Kier molecular flexibility index (Phi) is 3.60. The monoisotopic (exact) mass is 367 g/mol. The number of carboxylic acid groups (broad SMARTS) is 1. The van der Waals surface area contributed by atoms with Crippen molar-refractivity contribution in [3.63, 3.8) is 0 Å². The fourth-order valence-electron chi connectivity index (χ4n) is 2.64. The van der Waals surface area contributed by atoms with Gasteiger partial charge in [0.15, 0.2) is 0 Å². The lowest BCUT2D eigenvalue weighted by molar-refractivity contribution is -0.138. The fourth-order valence-corrected chi connectivity index (χ4v) is 2.64. The minimum atomic E-state index is -5.01. The van der Waals surface area contributed by atoms with E-state index in [1.165, 1.54) is 0 Å². The summed E-state index contributed by atoms with van der Waals surface area (Å²) in [6, 6.07) is 2.81. The molecule has 3 rings (SSSR count). The molecular weight excluding hydrogens is 359 g/mol. The van der Waals surface area contributed by atoms with Crippen LogP contribution in [0.5, 0.6) is 0 Å². The van der Waals surface area contributed by atoms with Crippen LogP contribution in [-0.4, -0.2) is 27.5 Å². The number of aromatic nitrogens is 1. The summed E-state index contributed by atoms with van der Waals surface area (Å²) in [6.45, 7) is 0. The average molecular weight is 367 g/mol. The van der Waals surface area contributed by atoms with Crippen molar-refractivity contribution in [2.24, 2.45) is 0 Å². The van der Waals surface area contributed by atoms with Crippen molar-refractivity contribution < 1.29 is 32.7 Å². The summed E-state index contributed by atoms with van der Waals surface area (Å²) in [4.78, 5) is 46.6. The second kappa shape index (κ2) is 5.44. The average Bonchev–Trinajstić information content (AvgIpc) is 2.80. The predicted molar refractivity (Wildman–Crippen MR) is 80.2 cm³/mol. The Hall–Kier alpha value is -3.63. The number of hydrogen-bond acceptors (Lipinski definition) is 5. The Bertz CT molecular complexity index is 1060. The molecule has 8 nitrogen and oxygen atoms in total. The van der Waals surface area contributed by atoms with Crippen molar-refractivity contribution in [2.45, 2.75) is 6.18 Å². The zero-order valence-corrected chi connectivity index (χ0v) is 12.5. The molecular formula is C15H8F3N3O5. The number of halogens is 3. The molecule has 0 saturated heterocycles. The molecule has 11 heteroatoms. The first-order chi connectivity index (χ1) is 12.0. The zero-order valence-electron chi connectivity index (χ0n) is 12.5. The first-order valence-electron chi connectivity index (χ1n) is 6.88. The number of carboxylic acids is 1. The summed E-state index contributed by atoms with van der Waals surface area (Å²) in [7, 11) is 0. The van der Waals surface area contributed by atoms with E-state index in [9.17, 15) is 32.3 Å². The second-order valence-corrected chi connectivity index (χ2v) is 5.31. The van der Waals surface area contributed by atoms with Gasteiger partial charge in [-0.25, -0.2) is 4.79 Å². The largest absolute Gasteiger partial charge is 0.478 e. The topological polar surface area (TPSA) is 131 Å². The number of carbonyl (C=O) groups excluding carboxylic acids is 2. The maximum atomic E-state index is 13.1. The van der Waals surface area contributed by atoms with E-state index in [0.717, 1.165) is 12.1 Å². The van der Waals surface area contributed by atoms with Crippen LogP contribution in [0.4, 0.5) is 19.0 Å². The molecule has 0 unspecified atom stereocenters. The summed E-state index contributed by atoms with van der Waals surface area (Å²) in [5.41, 5.74) is 1.24. The van der Waals surface area contributed by atoms with E-state index < -0.39 is 52.2 Å². The normalized spacial score (nSPS) is 13.5. The molecule has 0 radical (unpaired) electrons. The van der Waals surface area contributed by atoms with Gasteiger partial charge in [-0.3, -0.25) is 24.3 Å². The van der Waals surface area contributed by atoms with E-state index >= 15 is 0 Å². The number of carbonyl (C=O) groups is 3. The van der Waals surface area contributed by atoms with Crippen LogP contribution >= 0.6 is 0 Å². The minimum Gasteiger partial charge on any atom is -0.478 e. The smallest absolute Gasteiger partial charge is 0.417 e. The number of aromatic carboxylic acids is 1. The molecule has 2 amide bonds. The molecule has 1 aromatic heterocycles. The number of imide groups is 1. The first-order valence-corrected chi connectivity index (χ1v) is 6.88. The number of amides is 2. The third-order valence-corrected chi connectivity index (χ3v) is 3.75. The minimum absolute atomic E-state index is 0.285. The highest BCUT2D eigenvalue weighted by Crippen LogP contribution is 2.34. The van der Waals surface area contributed by atoms with Crippen LogP contribution in [0.2, 0.25) is 0 Å². The maximum Gasteiger partial charge on any atom is 0.417 e. The van der Waals surface area contributed by atoms with E-state index in [-0.39, 0.29) is 11.1 Å². The highest BCUT2D eigenvalue weighted by molar-refractivity contribution is 6.23. The SMILES string of the molecule is Nc1c2c(cc(=O)n1-c1ccc(C(=O)O)c(C(F)(F)F)c1)C(=O)NC2=O. The molecule has 0 aliphatic carbocycles. The van der Waals surface area contributed by atoms with Gasteiger partial charge in [0.2, 0.25) is 0 Å². The van der Waals surface area contributed by atoms with Crippen molar-refractivity contribution in [1.82, 2.24) is 9.88 Å². The first kappa shape index (κ1) is 17.2. The van der Waals surface area contributed by atoms with Gasteiger partial charge in [-0.2, -0.15) is 13.2 Å². The van der Waals surface area contributed by atoms with Gasteiger partial charge in [0, 0.05) is 6.07 Å². The second-order valence-electron chi connectivity index (χ2n) is 5.31.